The molecule has 3 aromatic rings. The summed E-state index contributed by atoms with van der Waals surface area (Å²) in [5, 5.41) is 0.516. The number of rotatable bonds is 2. The lowest BCUT2D eigenvalue weighted by Crippen LogP contribution is -2.03. The van der Waals surface area contributed by atoms with Crippen LogP contribution in [0.5, 0.6) is 0 Å². The van der Waals surface area contributed by atoms with Crippen molar-refractivity contribution in [1.82, 2.24) is 4.98 Å². The molecule has 0 radical (unpaired) electrons. The van der Waals surface area contributed by atoms with Gasteiger partial charge in [-0.3, -0.25) is 0 Å². The van der Waals surface area contributed by atoms with E-state index in [2.05, 4.69) is 4.98 Å². The molecule has 0 saturated carbocycles. The average molecular weight is 263 g/mol. The minimum Gasteiger partial charge on any atom is -0.404 e. The number of hydrogen-bond acceptors (Lipinski definition) is 3. The van der Waals surface area contributed by atoms with Crippen LogP contribution in [-0.4, -0.2) is 4.98 Å². The monoisotopic (exact) mass is 263 g/mol. The second-order valence-electron chi connectivity index (χ2n) is 4.60. The second-order valence-corrected chi connectivity index (χ2v) is 4.60. The summed E-state index contributed by atoms with van der Waals surface area (Å²) in [5.41, 5.74) is 2.34. The van der Waals surface area contributed by atoms with E-state index in [0.29, 0.717) is 16.8 Å². The van der Waals surface area contributed by atoms with Crippen LogP contribution in [0.1, 0.15) is 17.0 Å². The molecule has 0 spiro atoms. The third kappa shape index (κ3) is 2.52. The maximum Gasteiger partial charge on any atom is 0.347 e. The van der Waals surface area contributed by atoms with Crippen LogP contribution < -0.4 is 5.63 Å². The van der Waals surface area contributed by atoms with Gasteiger partial charge in [-0.1, -0.05) is 42.0 Å². The van der Waals surface area contributed by atoms with Gasteiger partial charge in [-0.15, -0.1) is 0 Å². The first-order valence-corrected chi connectivity index (χ1v) is 6.37. The molecule has 3 rings (SSSR count). The molecule has 0 aliphatic heterocycles. The van der Waals surface area contributed by atoms with Crippen LogP contribution in [0.25, 0.3) is 23.1 Å². The van der Waals surface area contributed by atoms with Gasteiger partial charge in [-0.2, -0.15) is 0 Å². The van der Waals surface area contributed by atoms with Gasteiger partial charge in [0.2, 0.25) is 5.89 Å². The summed E-state index contributed by atoms with van der Waals surface area (Å²) in [4.78, 5) is 16.3. The molecule has 0 saturated heterocycles. The molecule has 1 aromatic heterocycles. The maximum atomic E-state index is 11.9. The van der Waals surface area contributed by atoms with E-state index in [9.17, 15) is 4.79 Å². The third-order valence-corrected chi connectivity index (χ3v) is 3.02. The fraction of sp³-hybridized carbons (Fsp3) is 0.0588. The number of nitrogens with zero attached hydrogens (tertiary/aromatic N) is 1. The quantitative estimate of drug-likeness (QED) is 0.708. The van der Waals surface area contributed by atoms with Gasteiger partial charge < -0.3 is 4.42 Å². The van der Waals surface area contributed by atoms with Gasteiger partial charge in [0.1, 0.15) is 0 Å². The van der Waals surface area contributed by atoms with Crippen LogP contribution in [0.4, 0.5) is 0 Å². The van der Waals surface area contributed by atoms with Gasteiger partial charge in [0.25, 0.3) is 0 Å². The van der Waals surface area contributed by atoms with E-state index in [1.54, 1.807) is 12.1 Å². The molecule has 0 aliphatic rings. The van der Waals surface area contributed by atoms with Gasteiger partial charge in [0, 0.05) is 6.08 Å². The summed E-state index contributed by atoms with van der Waals surface area (Å²) in [6.07, 6.45) is 3.57. The Labute approximate surface area is 116 Å². The Hall–Kier alpha value is -2.68. The minimum absolute atomic E-state index is 0.315. The molecule has 2 aromatic carbocycles. The van der Waals surface area contributed by atoms with Gasteiger partial charge >= 0.3 is 5.63 Å². The van der Waals surface area contributed by atoms with E-state index in [1.165, 1.54) is 0 Å². The number of hydrogen-bond donors (Lipinski definition) is 0. The smallest absolute Gasteiger partial charge is 0.347 e. The van der Waals surface area contributed by atoms with E-state index in [0.717, 1.165) is 11.1 Å². The average Bonchev–Trinajstić information content (AvgIpc) is 2.47. The summed E-state index contributed by atoms with van der Waals surface area (Å²) in [6, 6.07) is 15.4. The summed E-state index contributed by atoms with van der Waals surface area (Å²) in [6.45, 7) is 1.93. The Balaban J connectivity index is 2.03. The molecule has 0 aliphatic carbocycles. The lowest BCUT2D eigenvalue weighted by Gasteiger charge is -1.99. The zero-order chi connectivity index (χ0) is 13.9. The molecule has 0 N–H and O–H groups in total. The summed E-state index contributed by atoms with van der Waals surface area (Å²) < 4.78 is 5.21. The highest BCUT2D eigenvalue weighted by molar-refractivity contribution is 5.79. The SMILES string of the molecule is Cc1ccc2nc(C=Cc3ccccc3)oc(=O)c2c1. The molecule has 20 heavy (non-hydrogen) atoms. The molecule has 98 valence electrons. The number of aryl methyl sites for hydroxylation is 1. The predicted octanol–water partition coefficient (Wildman–Crippen LogP) is 3.67. The molecule has 3 heteroatoms. The molecule has 0 unspecified atom stereocenters. The second kappa shape index (κ2) is 5.13. The fourth-order valence-corrected chi connectivity index (χ4v) is 2.01. The standard InChI is InChI=1S/C17H13NO2/c1-12-7-9-15-14(11-12)17(19)20-16(18-15)10-8-13-5-3-2-4-6-13/h2-11H,1H3. The van der Waals surface area contributed by atoms with Crippen LogP contribution in [0.3, 0.4) is 0 Å². The van der Waals surface area contributed by atoms with Crippen molar-refractivity contribution in [2.24, 2.45) is 0 Å². The van der Waals surface area contributed by atoms with Crippen LogP contribution in [-0.2, 0) is 0 Å². The van der Waals surface area contributed by atoms with E-state index in [4.69, 9.17) is 4.42 Å². The van der Waals surface area contributed by atoms with E-state index in [-0.39, 0.29) is 5.63 Å². The Bertz CT molecular complexity index is 832. The Morgan fingerprint density at radius 3 is 2.65 bits per heavy atom. The van der Waals surface area contributed by atoms with E-state index < -0.39 is 0 Å². The van der Waals surface area contributed by atoms with Gasteiger partial charge in [-0.05, 0) is 30.7 Å². The number of aromatic nitrogens is 1. The summed E-state index contributed by atoms with van der Waals surface area (Å²) in [5.74, 6) is 0.315. The first-order valence-electron chi connectivity index (χ1n) is 6.37. The summed E-state index contributed by atoms with van der Waals surface area (Å²) in [7, 11) is 0. The van der Waals surface area contributed by atoms with Gasteiger partial charge in [0.05, 0.1) is 10.9 Å². The Kier molecular flexibility index (Phi) is 3.17. The molecule has 0 bridgehead atoms. The van der Waals surface area contributed by atoms with Gasteiger partial charge in [0.15, 0.2) is 0 Å². The topological polar surface area (TPSA) is 43.1 Å². The fourth-order valence-electron chi connectivity index (χ4n) is 2.01. The number of fused-ring (bicyclic) bond motifs is 1. The lowest BCUT2D eigenvalue weighted by atomic mass is 10.2. The molecule has 1 heterocycles. The molecule has 0 atom stereocenters. The lowest BCUT2D eigenvalue weighted by molar-refractivity contribution is 0.490. The van der Waals surface area contributed by atoms with Crippen molar-refractivity contribution in [3.05, 3.63) is 76.0 Å². The van der Waals surface area contributed by atoms with Crippen LogP contribution in [0.15, 0.2) is 57.7 Å². The van der Waals surface area contributed by atoms with Crippen molar-refractivity contribution >= 4 is 23.1 Å². The van der Waals surface area contributed by atoms with Crippen molar-refractivity contribution in [3.8, 4) is 0 Å². The zero-order valence-electron chi connectivity index (χ0n) is 11.0. The normalized spacial score (nSPS) is 11.2. The van der Waals surface area contributed by atoms with Crippen molar-refractivity contribution < 1.29 is 4.42 Å². The highest BCUT2D eigenvalue weighted by Gasteiger charge is 2.04. The minimum atomic E-state index is -0.355. The van der Waals surface area contributed by atoms with Crippen LogP contribution in [0.2, 0.25) is 0 Å². The van der Waals surface area contributed by atoms with Crippen molar-refractivity contribution in [1.29, 1.82) is 0 Å². The van der Waals surface area contributed by atoms with Crippen LogP contribution >= 0.6 is 0 Å². The highest BCUT2D eigenvalue weighted by atomic mass is 16.4. The molecule has 3 nitrogen and oxygen atoms in total. The molecular formula is C17H13NO2. The predicted molar refractivity (Wildman–Crippen MR) is 80.4 cm³/mol. The maximum absolute atomic E-state index is 11.9. The third-order valence-electron chi connectivity index (χ3n) is 3.02. The highest BCUT2D eigenvalue weighted by Crippen LogP contribution is 2.12. The van der Waals surface area contributed by atoms with E-state index in [1.807, 2.05) is 55.5 Å². The Morgan fingerprint density at radius 1 is 1.05 bits per heavy atom. The van der Waals surface area contributed by atoms with Crippen molar-refractivity contribution in [2.45, 2.75) is 6.92 Å². The first kappa shape index (κ1) is 12.4. The van der Waals surface area contributed by atoms with Crippen molar-refractivity contribution in [2.75, 3.05) is 0 Å². The Morgan fingerprint density at radius 2 is 1.85 bits per heavy atom. The molecule has 0 amide bonds. The summed E-state index contributed by atoms with van der Waals surface area (Å²) >= 11 is 0. The van der Waals surface area contributed by atoms with Gasteiger partial charge in [-0.25, -0.2) is 9.78 Å². The van der Waals surface area contributed by atoms with E-state index >= 15 is 0 Å². The number of benzene rings is 2. The molecule has 0 fully saturated rings. The van der Waals surface area contributed by atoms with Crippen LogP contribution in [0, 0.1) is 6.92 Å². The zero-order valence-corrected chi connectivity index (χ0v) is 11.0. The molecular weight excluding hydrogens is 250 g/mol. The largest absolute Gasteiger partial charge is 0.404 e. The first-order chi connectivity index (χ1) is 9.72. The van der Waals surface area contributed by atoms with Crippen molar-refractivity contribution in [3.63, 3.8) is 0 Å².